The van der Waals surface area contributed by atoms with E-state index in [4.69, 9.17) is 4.74 Å². The average molecular weight is 391 g/mol. The van der Waals surface area contributed by atoms with Gasteiger partial charge in [0.2, 0.25) is 15.9 Å². The zero-order valence-corrected chi connectivity index (χ0v) is 17.0. The summed E-state index contributed by atoms with van der Waals surface area (Å²) >= 11 is 0. The Bertz CT molecular complexity index is 910. The van der Waals surface area contributed by atoms with E-state index in [1.54, 1.807) is 13.2 Å². The Morgan fingerprint density at radius 2 is 1.81 bits per heavy atom. The van der Waals surface area contributed by atoms with Crippen LogP contribution in [0.5, 0.6) is 5.75 Å². The molecule has 0 fully saturated rings. The minimum atomic E-state index is -3.47. The summed E-state index contributed by atoms with van der Waals surface area (Å²) < 4.78 is 30.9. The van der Waals surface area contributed by atoms with E-state index in [9.17, 15) is 13.2 Å². The van der Waals surface area contributed by atoms with Gasteiger partial charge in [0, 0.05) is 30.8 Å². The summed E-state index contributed by atoms with van der Waals surface area (Å²) in [5.74, 6) is 0.392. The van der Waals surface area contributed by atoms with Gasteiger partial charge in [-0.25, -0.2) is 8.42 Å². The van der Waals surface area contributed by atoms with E-state index in [2.05, 4.69) is 5.32 Å². The summed E-state index contributed by atoms with van der Waals surface area (Å²) in [5.41, 5.74) is 3.58. The molecule has 0 aliphatic carbocycles. The first-order valence-electron chi connectivity index (χ1n) is 8.65. The molecule has 146 valence electrons. The van der Waals surface area contributed by atoms with E-state index in [0.717, 1.165) is 28.6 Å². The van der Waals surface area contributed by atoms with Crippen LogP contribution in [0.25, 0.3) is 0 Å². The molecule has 1 N–H and O–H groups in total. The third-order valence-electron chi connectivity index (χ3n) is 4.48. The lowest BCUT2D eigenvalue weighted by Gasteiger charge is -2.21. The van der Waals surface area contributed by atoms with Crippen molar-refractivity contribution in [2.75, 3.05) is 25.2 Å². The SMILES string of the molecule is COc1ccccc1CN(CCC(=O)Nc1cccc(C)c1C)S(C)(=O)=O. The van der Waals surface area contributed by atoms with Gasteiger partial charge in [-0.1, -0.05) is 30.3 Å². The van der Waals surface area contributed by atoms with E-state index >= 15 is 0 Å². The van der Waals surface area contributed by atoms with Crippen LogP contribution in [0.3, 0.4) is 0 Å². The normalized spacial score (nSPS) is 11.4. The molecule has 0 aromatic heterocycles. The predicted octanol–water partition coefficient (Wildman–Crippen LogP) is 3.10. The van der Waals surface area contributed by atoms with Gasteiger partial charge in [-0.2, -0.15) is 4.31 Å². The van der Waals surface area contributed by atoms with E-state index in [0.29, 0.717) is 5.75 Å². The van der Waals surface area contributed by atoms with Gasteiger partial charge in [-0.3, -0.25) is 4.79 Å². The Hall–Kier alpha value is -2.38. The van der Waals surface area contributed by atoms with Gasteiger partial charge >= 0.3 is 0 Å². The molecule has 1 amide bonds. The van der Waals surface area contributed by atoms with Crippen LogP contribution < -0.4 is 10.1 Å². The summed E-state index contributed by atoms with van der Waals surface area (Å²) in [4.78, 5) is 12.3. The Labute approximate surface area is 161 Å². The van der Waals surface area contributed by atoms with Crippen LogP contribution in [0.4, 0.5) is 5.69 Å². The van der Waals surface area contributed by atoms with Gasteiger partial charge in [-0.05, 0) is 37.1 Å². The maximum absolute atomic E-state index is 12.3. The van der Waals surface area contributed by atoms with Crippen molar-refractivity contribution in [3.63, 3.8) is 0 Å². The molecule has 7 heteroatoms. The van der Waals surface area contributed by atoms with Crippen LogP contribution in [0.15, 0.2) is 42.5 Å². The molecule has 2 aromatic carbocycles. The Morgan fingerprint density at radius 1 is 1.11 bits per heavy atom. The van der Waals surface area contributed by atoms with Crippen molar-refractivity contribution in [3.05, 3.63) is 59.2 Å². The van der Waals surface area contributed by atoms with Crippen LogP contribution in [-0.2, 0) is 21.4 Å². The maximum atomic E-state index is 12.3. The highest BCUT2D eigenvalue weighted by Gasteiger charge is 2.20. The third kappa shape index (κ3) is 5.80. The highest BCUT2D eigenvalue weighted by molar-refractivity contribution is 7.88. The minimum absolute atomic E-state index is 0.0651. The molecule has 0 atom stereocenters. The van der Waals surface area contributed by atoms with Crippen LogP contribution >= 0.6 is 0 Å². The molecule has 0 unspecified atom stereocenters. The van der Waals surface area contributed by atoms with Gasteiger partial charge in [0.05, 0.1) is 13.4 Å². The molecule has 2 rings (SSSR count). The zero-order valence-electron chi connectivity index (χ0n) is 16.2. The molecule has 27 heavy (non-hydrogen) atoms. The topological polar surface area (TPSA) is 75.7 Å². The maximum Gasteiger partial charge on any atom is 0.225 e. The molecule has 6 nitrogen and oxygen atoms in total. The first-order chi connectivity index (χ1) is 12.7. The molecule has 0 aliphatic heterocycles. The van der Waals surface area contributed by atoms with Gasteiger partial charge in [0.25, 0.3) is 0 Å². The van der Waals surface area contributed by atoms with Gasteiger partial charge in [0.15, 0.2) is 0 Å². The van der Waals surface area contributed by atoms with Crippen molar-refractivity contribution in [2.45, 2.75) is 26.8 Å². The number of methoxy groups -OCH3 is 1. The van der Waals surface area contributed by atoms with Crippen LogP contribution in [0.2, 0.25) is 0 Å². The molecule has 0 aliphatic rings. The van der Waals surface area contributed by atoms with Crippen molar-refractivity contribution in [3.8, 4) is 5.75 Å². The lowest BCUT2D eigenvalue weighted by atomic mass is 10.1. The number of hydrogen-bond acceptors (Lipinski definition) is 4. The first kappa shape index (κ1) is 20.9. The number of benzene rings is 2. The Kier molecular flexibility index (Phi) is 6.98. The summed E-state index contributed by atoms with van der Waals surface area (Å²) in [6.07, 6.45) is 1.21. The van der Waals surface area contributed by atoms with E-state index < -0.39 is 10.0 Å². The molecule has 0 saturated heterocycles. The fourth-order valence-electron chi connectivity index (χ4n) is 2.71. The molecule has 2 aromatic rings. The number of sulfonamides is 1. The smallest absolute Gasteiger partial charge is 0.225 e. The summed E-state index contributed by atoms with van der Waals surface area (Å²) in [5, 5.41) is 2.86. The second kappa shape index (κ2) is 9.01. The second-order valence-corrected chi connectivity index (χ2v) is 8.44. The number of aryl methyl sites for hydroxylation is 1. The minimum Gasteiger partial charge on any atom is -0.496 e. The number of para-hydroxylation sites is 1. The molecule has 0 bridgehead atoms. The van der Waals surface area contributed by atoms with Crippen LogP contribution in [-0.4, -0.2) is 38.5 Å². The third-order valence-corrected chi connectivity index (χ3v) is 5.72. The Morgan fingerprint density at radius 3 is 2.48 bits per heavy atom. The number of rotatable bonds is 8. The van der Waals surface area contributed by atoms with E-state index in [1.807, 2.05) is 50.2 Å². The number of nitrogens with zero attached hydrogens (tertiary/aromatic N) is 1. The largest absolute Gasteiger partial charge is 0.496 e. The Balaban J connectivity index is 2.06. The fourth-order valence-corrected chi connectivity index (χ4v) is 3.51. The number of hydrogen-bond donors (Lipinski definition) is 1. The van der Waals surface area contributed by atoms with Crippen molar-refractivity contribution in [1.82, 2.24) is 4.31 Å². The number of nitrogens with one attached hydrogen (secondary N) is 1. The van der Waals surface area contributed by atoms with Gasteiger partial charge < -0.3 is 10.1 Å². The van der Waals surface area contributed by atoms with E-state index in [-0.39, 0.29) is 25.4 Å². The van der Waals surface area contributed by atoms with E-state index in [1.165, 1.54) is 4.31 Å². The van der Waals surface area contributed by atoms with Crippen molar-refractivity contribution < 1.29 is 17.9 Å². The lowest BCUT2D eigenvalue weighted by Crippen LogP contribution is -2.32. The standard InChI is InChI=1S/C20H26N2O4S/c1-15-8-7-10-18(16(15)2)21-20(23)12-13-22(27(4,24)25)14-17-9-5-6-11-19(17)26-3/h5-11H,12-14H2,1-4H3,(H,21,23). The van der Waals surface area contributed by atoms with Gasteiger partial charge in [0.1, 0.15) is 5.75 Å². The fraction of sp³-hybridized carbons (Fsp3) is 0.350. The highest BCUT2D eigenvalue weighted by Crippen LogP contribution is 2.21. The summed E-state index contributed by atoms with van der Waals surface area (Å²) in [6.45, 7) is 4.16. The first-order valence-corrected chi connectivity index (χ1v) is 10.5. The van der Waals surface area contributed by atoms with Crippen molar-refractivity contribution >= 4 is 21.6 Å². The summed E-state index contributed by atoms with van der Waals surface area (Å²) in [6, 6.07) is 12.9. The molecule has 0 radical (unpaired) electrons. The van der Waals surface area contributed by atoms with Crippen LogP contribution in [0, 0.1) is 13.8 Å². The number of ether oxygens (including phenoxy) is 1. The predicted molar refractivity (Wildman–Crippen MR) is 107 cm³/mol. The number of carbonyl (C=O) groups excluding carboxylic acids is 1. The molecular formula is C20H26N2O4S. The second-order valence-electron chi connectivity index (χ2n) is 6.45. The zero-order chi connectivity index (χ0) is 20.0. The number of carbonyl (C=O) groups is 1. The molecular weight excluding hydrogens is 364 g/mol. The lowest BCUT2D eigenvalue weighted by molar-refractivity contribution is -0.116. The number of anilines is 1. The quantitative estimate of drug-likeness (QED) is 0.751. The van der Waals surface area contributed by atoms with Crippen molar-refractivity contribution in [2.24, 2.45) is 0 Å². The van der Waals surface area contributed by atoms with Crippen molar-refractivity contribution in [1.29, 1.82) is 0 Å². The van der Waals surface area contributed by atoms with Gasteiger partial charge in [-0.15, -0.1) is 0 Å². The van der Waals surface area contributed by atoms with Crippen LogP contribution in [0.1, 0.15) is 23.1 Å². The molecule has 0 spiro atoms. The highest BCUT2D eigenvalue weighted by atomic mass is 32.2. The molecule has 0 saturated carbocycles. The molecule has 0 heterocycles. The monoisotopic (exact) mass is 390 g/mol. The number of amides is 1. The summed E-state index contributed by atoms with van der Waals surface area (Å²) in [7, 11) is -1.93. The average Bonchev–Trinajstić information content (AvgIpc) is 2.61.